The van der Waals surface area contributed by atoms with E-state index in [0.717, 1.165) is 18.4 Å². The molecule has 2 fully saturated rings. The lowest BCUT2D eigenvalue weighted by Gasteiger charge is -2.47. The van der Waals surface area contributed by atoms with Crippen LogP contribution in [0.4, 0.5) is 5.69 Å². The lowest BCUT2D eigenvalue weighted by Crippen LogP contribution is -2.56. The summed E-state index contributed by atoms with van der Waals surface area (Å²) >= 11 is 0. The van der Waals surface area contributed by atoms with Crippen molar-refractivity contribution in [1.29, 1.82) is 0 Å². The number of pyridine rings is 1. The molecule has 150 valence electrons. The molecule has 3 rings (SSSR count). The Balaban J connectivity index is 1.91. The maximum Gasteiger partial charge on any atom is 0.302 e. The molecule has 1 aromatic heterocycles. The Morgan fingerprint density at radius 1 is 1.37 bits per heavy atom. The van der Waals surface area contributed by atoms with E-state index in [2.05, 4.69) is 38.8 Å². The van der Waals surface area contributed by atoms with Crippen LogP contribution in [-0.4, -0.2) is 37.1 Å². The summed E-state index contributed by atoms with van der Waals surface area (Å²) in [6.45, 7) is 12.5. The minimum Gasteiger partial charge on any atom is -0.460 e. The van der Waals surface area contributed by atoms with E-state index in [9.17, 15) is 4.79 Å². The Bertz CT molecular complexity index is 712. The smallest absolute Gasteiger partial charge is 0.302 e. The van der Waals surface area contributed by atoms with E-state index < -0.39 is 13.9 Å². The summed E-state index contributed by atoms with van der Waals surface area (Å²) in [4.78, 5) is 15.9. The first-order valence-corrected chi connectivity index (χ1v) is 12.6. The number of esters is 1. The summed E-state index contributed by atoms with van der Waals surface area (Å²) in [6.07, 6.45) is 4.91. The summed E-state index contributed by atoms with van der Waals surface area (Å²) < 4.78 is 19.0. The van der Waals surface area contributed by atoms with Crippen molar-refractivity contribution in [2.75, 3.05) is 5.73 Å². The molecule has 7 heteroatoms. The molecule has 6 nitrogen and oxygen atoms in total. The Morgan fingerprint density at radius 3 is 2.56 bits per heavy atom. The fourth-order valence-electron chi connectivity index (χ4n) is 3.50. The van der Waals surface area contributed by atoms with Gasteiger partial charge in [-0.1, -0.05) is 20.8 Å². The van der Waals surface area contributed by atoms with Crippen molar-refractivity contribution in [3.8, 4) is 0 Å². The number of nitrogen functional groups attached to an aromatic ring is 1. The molecule has 1 saturated heterocycles. The van der Waals surface area contributed by atoms with Crippen LogP contribution in [0.25, 0.3) is 0 Å². The minimum atomic E-state index is -2.05. The van der Waals surface area contributed by atoms with Crippen molar-refractivity contribution >= 4 is 20.0 Å². The normalized spacial score (nSPS) is 27.4. The fraction of sp³-hybridized carbons (Fsp3) is 0.700. The number of carbonyl (C=O) groups is 1. The molecule has 3 unspecified atom stereocenters. The predicted molar refractivity (Wildman–Crippen MR) is 107 cm³/mol. The van der Waals surface area contributed by atoms with Gasteiger partial charge in [0.2, 0.25) is 0 Å². The number of nitrogens with zero attached hydrogens (tertiary/aromatic N) is 1. The van der Waals surface area contributed by atoms with Gasteiger partial charge in [0.15, 0.2) is 8.32 Å². The zero-order chi connectivity index (χ0) is 20.0. The predicted octanol–water partition coefficient (Wildman–Crippen LogP) is 3.98. The third kappa shape index (κ3) is 4.05. The molecule has 1 aliphatic carbocycles. The average Bonchev–Trinajstić information content (AvgIpc) is 3.29. The second kappa shape index (κ2) is 6.86. The van der Waals surface area contributed by atoms with Gasteiger partial charge in [-0.3, -0.25) is 9.78 Å². The lowest BCUT2D eigenvalue weighted by molar-refractivity contribution is -0.198. The number of nitrogens with two attached hydrogens (primary N) is 1. The Morgan fingerprint density at radius 2 is 2.04 bits per heavy atom. The highest BCUT2D eigenvalue weighted by molar-refractivity contribution is 6.74. The summed E-state index contributed by atoms with van der Waals surface area (Å²) in [5.74, 6) is -0.289. The molecule has 2 heterocycles. The number of hydrogen-bond acceptors (Lipinski definition) is 6. The first kappa shape index (κ1) is 20.3. The highest BCUT2D eigenvalue weighted by Crippen LogP contribution is 2.55. The van der Waals surface area contributed by atoms with E-state index in [1.807, 2.05) is 6.07 Å². The molecule has 0 amide bonds. The molecule has 27 heavy (non-hydrogen) atoms. The van der Waals surface area contributed by atoms with E-state index >= 15 is 0 Å². The van der Waals surface area contributed by atoms with Crippen molar-refractivity contribution in [2.45, 2.75) is 89.0 Å². The van der Waals surface area contributed by atoms with E-state index in [1.54, 1.807) is 12.4 Å². The summed E-state index contributed by atoms with van der Waals surface area (Å²) in [7, 11) is -2.05. The van der Waals surface area contributed by atoms with Gasteiger partial charge in [-0.2, -0.15) is 0 Å². The van der Waals surface area contributed by atoms with Crippen molar-refractivity contribution in [3.05, 3.63) is 24.0 Å². The van der Waals surface area contributed by atoms with Crippen molar-refractivity contribution in [3.63, 3.8) is 0 Å². The molecule has 1 saturated carbocycles. The van der Waals surface area contributed by atoms with Gasteiger partial charge in [-0.25, -0.2) is 0 Å². The van der Waals surface area contributed by atoms with Crippen molar-refractivity contribution in [2.24, 2.45) is 0 Å². The Hall–Kier alpha value is -1.44. The molecule has 3 atom stereocenters. The number of ether oxygens (including phenoxy) is 2. The monoisotopic (exact) mass is 392 g/mol. The van der Waals surface area contributed by atoms with E-state index in [4.69, 9.17) is 19.6 Å². The van der Waals surface area contributed by atoms with Crippen LogP contribution in [0.3, 0.4) is 0 Å². The highest BCUT2D eigenvalue weighted by atomic mass is 28.4. The molecule has 2 aliphatic rings. The van der Waals surface area contributed by atoms with Gasteiger partial charge in [0.1, 0.15) is 12.2 Å². The average molecular weight is 393 g/mol. The van der Waals surface area contributed by atoms with E-state index in [-0.39, 0.29) is 29.3 Å². The van der Waals surface area contributed by atoms with Crippen LogP contribution in [0.1, 0.15) is 58.6 Å². The summed E-state index contributed by atoms with van der Waals surface area (Å²) in [5.41, 5.74) is 7.23. The third-order valence-electron chi connectivity index (χ3n) is 6.20. The van der Waals surface area contributed by atoms with Crippen LogP contribution in [0, 0.1) is 0 Å². The quantitative estimate of drug-likeness (QED) is 0.616. The molecular formula is C20H32N2O4Si. The molecule has 1 spiro atoms. The minimum absolute atomic E-state index is 0.0657. The largest absolute Gasteiger partial charge is 0.460 e. The van der Waals surface area contributed by atoms with Crippen LogP contribution < -0.4 is 5.73 Å². The standard InChI is InChI=1S/C20H32N2O4Si/c1-13(23)24-17-11-16(14-7-10-22-12-15(14)21)25-20(8-9-20)18(17)26-27(5,6)19(2,3)4/h7,10,12,16-18H,8-9,11,21H2,1-6H3. The SMILES string of the molecule is CC(=O)OC1CC(c2ccncc2N)OC2(CC2)C1O[Si](C)(C)C(C)(C)C. The first-order valence-electron chi connectivity index (χ1n) is 9.67. The van der Waals surface area contributed by atoms with Crippen molar-refractivity contribution < 1.29 is 18.7 Å². The molecule has 1 aliphatic heterocycles. The van der Waals surface area contributed by atoms with Gasteiger partial charge in [-0.15, -0.1) is 0 Å². The molecule has 1 aromatic rings. The molecule has 0 aromatic carbocycles. The maximum absolute atomic E-state index is 11.8. The zero-order valence-corrected chi connectivity index (χ0v) is 18.2. The van der Waals surface area contributed by atoms with Crippen LogP contribution in [-0.2, 0) is 18.7 Å². The molecule has 0 bridgehead atoms. The third-order valence-corrected chi connectivity index (χ3v) is 10.7. The number of carbonyl (C=O) groups excluding carboxylic acids is 1. The fourth-order valence-corrected chi connectivity index (χ4v) is 4.85. The number of hydrogen-bond donors (Lipinski definition) is 1. The van der Waals surface area contributed by atoms with E-state index in [0.29, 0.717) is 12.1 Å². The van der Waals surface area contributed by atoms with Gasteiger partial charge in [-0.05, 0) is 37.0 Å². The molecule has 2 N–H and O–H groups in total. The molecule has 0 radical (unpaired) electrons. The number of aromatic nitrogens is 1. The highest BCUT2D eigenvalue weighted by Gasteiger charge is 2.61. The lowest BCUT2D eigenvalue weighted by atomic mass is 9.92. The van der Waals surface area contributed by atoms with Gasteiger partial charge < -0.3 is 19.6 Å². The van der Waals surface area contributed by atoms with Crippen LogP contribution in [0.2, 0.25) is 18.1 Å². The maximum atomic E-state index is 11.8. The van der Waals surface area contributed by atoms with E-state index in [1.165, 1.54) is 6.92 Å². The van der Waals surface area contributed by atoms with Crippen LogP contribution >= 0.6 is 0 Å². The van der Waals surface area contributed by atoms with Crippen LogP contribution in [0.15, 0.2) is 18.5 Å². The topological polar surface area (TPSA) is 83.7 Å². The summed E-state index contributed by atoms with van der Waals surface area (Å²) in [6, 6.07) is 1.88. The Kier molecular flexibility index (Phi) is 5.16. The van der Waals surface area contributed by atoms with Gasteiger partial charge in [0.05, 0.1) is 23.6 Å². The van der Waals surface area contributed by atoms with Gasteiger partial charge >= 0.3 is 5.97 Å². The van der Waals surface area contributed by atoms with Gasteiger partial charge in [0.25, 0.3) is 0 Å². The Labute approximate surface area is 162 Å². The molecular weight excluding hydrogens is 360 g/mol. The second-order valence-corrected chi connectivity index (χ2v) is 14.1. The first-order chi connectivity index (χ1) is 12.5. The van der Waals surface area contributed by atoms with Crippen molar-refractivity contribution in [1.82, 2.24) is 4.98 Å². The number of rotatable bonds is 4. The second-order valence-electron chi connectivity index (χ2n) is 9.36. The summed E-state index contributed by atoms with van der Waals surface area (Å²) in [5, 5.41) is 0.0657. The van der Waals surface area contributed by atoms with Crippen LogP contribution in [0.5, 0.6) is 0 Å². The number of anilines is 1. The zero-order valence-electron chi connectivity index (χ0n) is 17.2. The van der Waals surface area contributed by atoms with Gasteiger partial charge in [0, 0.05) is 25.1 Å².